The van der Waals surface area contributed by atoms with Crippen molar-refractivity contribution >= 4 is 11.9 Å². The van der Waals surface area contributed by atoms with Crippen molar-refractivity contribution in [3.8, 4) is 0 Å². The largest absolute Gasteiger partial charge is 0.369 e. The van der Waals surface area contributed by atoms with Crippen molar-refractivity contribution < 1.29 is 14.3 Å². The highest BCUT2D eigenvalue weighted by Crippen LogP contribution is 2.40. The van der Waals surface area contributed by atoms with Gasteiger partial charge < -0.3 is 19.9 Å². The quantitative estimate of drug-likeness (QED) is 0.790. The van der Waals surface area contributed by atoms with Crippen molar-refractivity contribution in [3.05, 3.63) is 66.0 Å². The number of aromatic nitrogens is 1. The van der Waals surface area contributed by atoms with E-state index in [1.165, 1.54) is 0 Å². The molecule has 7 heteroatoms. The van der Waals surface area contributed by atoms with Crippen LogP contribution in [-0.4, -0.2) is 59.1 Å². The van der Waals surface area contributed by atoms with Gasteiger partial charge in [0.15, 0.2) is 6.10 Å². The number of nitrogens with zero attached hydrogens (tertiary/aromatic N) is 3. The minimum absolute atomic E-state index is 0.0290. The van der Waals surface area contributed by atoms with Gasteiger partial charge in [-0.3, -0.25) is 9.78 Å². The second-order valence-corrected chi connectivity index (χ2v) is 7.49. The molecule has 152 valence electrons. The Kier molecular flexibility index (Phi) is 5.76. The first-order valence-electron chi connectivity index (χ1n) is 10.0. The number of carbonyl (C=O) groups excluding carboxylic acids is 2. The molecule has 0 saturated carbocycles. The summed E-state index contributed by atoms with van der Waals surface area (Å²) in [5, 5.41) is 2.98. The second-order valence-electron chi connectivity index (χ2n) is 7.49. The van der Waals surface area contributed by atoms with Crippen LogP contribution < -0.4 is 5.32 Å². The number of pyridine rings is 1. The first-order chi connectivity index (χ1) is 14.2. The number of β-lactam (4-membered cyclic amide) rings is 1. The van der Waals surface area contributed by atoms with Gasteiger partial charge in [0.25, 0.3) is 5.91 Å². The number of piperidine rings is 1. The van der Waals surface area contributed by atoms with Gasteiger partial charge in [0.1, 0.15) is 0 Å². The number of ether oxygens (including phenoxy) is 1. The Morgan fingerprint density at radius 1 is 1.14 bits per heavy atom. The van der Waals surface area contributed by atoms with E-state index in [4.69, 9.17) is 4.74 Å². The summed E-state index contributed by atoms with van der Waals surface area (Å²) in [6.45, 7) is 1.79. The standard InChI is InChI=1S/C22H26N4O3/c1-29-20-19(17-7-11-23-12-8-17)26(21(20)27)18-9-13-25(14-10-18)22(28)24-15-16-5-3-2-4-6-16/h2-8,11-12,18-20H,9-10,13-15H2,1H3,(H,24,28)/t19-,20+/m0/s1. The van der Waals surface area contributed by atoms with Crippen LogP contribution in [0.3, 0.4) is 0 Å². The molecule has 29 heavy (non-hydrogen) atoms. The van der Waals surface area contributed by atoms with Crippen molar-refractivity contribution in [2.75, 3.05) is 20.2 Å². The van der Waals surface area contributed by atoms with E-state index in [2.05, 4.69) is 10.3 Å². The van der Waals surface area contributed by atoms with Gasteiger partial charge in [0.2, 0.25) is 0 Å². The van der Waals surface area contributed by atoms with E-state index in [1.807, 2.05) is 52.3 Å². The van der Waals surface area contributed by atoms with Gasteiger partial charge in [-0.2, -0.15) is 0 Å². The van der Waals surface area contributed by atoms with Crippen molar-refractivity contribution in [2.24, 2.45) is 0 Å². The molecule has 1 aromatic carbocycles. The molecule has 1 aromatic heterocycles. The molecule has 0 aliphatic carbocycles. The molecule has 2 aliphatic heterocycles. The lowest BCUT2D eigenvalue weighted by molar-refractivity contribution is -0.178. The van der Waals surface area contributed by atoms with Crippen LogP contribution in [0.4, 0.5) is 4.79 Å². The first kappa shape index (κ1) is 19.4. The Hall–Kier alpha value is -2.93. The van der Waals surface area contributed by atoms with Crippen molar-refractivity contribution in [2.45, 2.75) is 37.6 Å². The summed E-state index contributed by atoms with van der Waals surface area (Å²) in [6.07, 6.45) is 4.57. The maximum atomic E-state index is 12.6. The van der Waals surface area contributed by atoms with Crippen molar-refractivity contribution in [1.29, 1.82) is 0 Å². The average Bonchev–Trinajstić information content (AvgIpc) is 2.78. The van der Waals surface area contributed by atoms with Crippen LogP contribution in [0, 0.1) is 0 Å². The lowest BCUT2D eigenvalue weighted by Crippen LogP contribution is -2.64. The number of carbonyl (C=O) groups is 2. The molecule has 0 spiro atoms. The molecule has 4 rings (SSSR count). The summed E-state index contributed by atoms with van der Waals surface area (Å²) in [7, 11) is 1.58. The highest BCUT2D eigenvalue weighted by Gasteiger charge is 2.51. The number of nitrogens with one attached hydrogen (secondary N) is 1. The summed E-state index contributed by atoms with van der Waals surface area (Å²) in [4.78, 5) is 33.0. The Labute approximate surface area is 170 Å². The Morgan fingerprint density at radius 2 is 1.83 bits per heavy atom. The third kappa shape index (κ3) is 3.96. The molecule has 0 bridgehead atoms. The van der Waals surface area contributed by atoms with Crippen LogP contribution >= 0.6 is 0 Å². The summed E-state index contributed by atoms with van der Waals surface area (Å²) in [5.41, 5.74) is 2.11. The van der Waals surface area contributed by atoms with Crippen molar-refractivity contribution in [1.82, 2.24) is 20.1 Å². The number of hydrogen-bond donors (Lipinski definition) is 1. The predicted molar refractivity (Wildman–Crippen MR) is 108 cm³/mol. The molecule has 2 fully saturated rings. The summed E-state index contributed by atoms with van der Waals surface area (Å²) < 4.78 is 5.43. The normalized spacial score (nSPS) is 22.3. The fourth-order valence-electron chi connectivity index (χ4n) is 4.25. The van der Waals surface area contributed by atoms with Gasteiger partial charge in [-0.1, -0.05) is 30.3 Å². The Bertz CT molecular complexity index is 838. The number of hydrogen-bond acceptors (Lipinski definition) is 4. The van der Waals surface area contributed by atoms with E-state index in [9.17, 15) is 9.59 Å². The molecule has 0 radical (unpaired) electrons. The van der Waals surface area contributed by atoms with Gasteiger partial charge in [-0.25, -0.2) is 4.79 Å². The van der Waals surface area contributed by atoms with E-state index in [-0.39, 0.29) is 24.0 Å². The molecule has 2 atom stereocenters. The first-order valence-corrected chi connectivity index (χ1v) is 10.0. The zero-order chi connectivity index (χ0) is 20.2. The molecule has 2 aromatic rings. The zero-order valence-electron chi connectivity index (χ0n) is 16.5. The third-order valence-corrected chi connectivity index (χ3v) is 5.82. The maximum absolute atomic E-state index is 12.6. The van der Waals surface area contributed by atoms with Gasteiger partial charge in [0, 0.05) is 45.2 Å². The number of benzene rings is 1. The maximum Gasteiger partial charge on any atom is 0.317 e. The topological polar surface area (TPSA) is 74.8 Å². The Balaban J connectivity index is 1.34. The van der Waals surface area contributed by atoms with E-state index in [0.29, 0.717) is 19.6 Å². The van der Waals surface area contributed by atoms with E-state index in [0.717, 1.165) is 24.0 Å². The van der Waals surface area contributed by atoms with Gasteiger partial charge in [-0.05, 0) is 36.1 Å². The van der Waals surface area contributed by atoms with Crippen LogP contribution in [0.25, 0.3) is 0 Å². The number of likely N-dealkylation sites (tertiary alicyclic amines) is 2. The monoisotopic (exact) mass is 394 g/mol. The number of urea groups is 1. The SMILES string of the molecule is CO[C@H]1C(=O)N(C2CCN(C(=O)NCc3ccccc3)CC2)[C@H]1c1ccncc1. The number of methoxy groups -OCH3 is 1. The molecular weight excluding hydrogens is 368 g/mol. The molecule has 2 saturated heterocycles. The minimum atomic E-state index is -0.440. The molecule has 3 amide bonds. The Morgan fingerprint density at radius 3 is 2.48 bits per heavy atom. The van der Waals surface area contributed by atoms with E-state index in [1.54, 1.807) is 19.5 Å². The molecular formula is C22H26N4O3. The lowest BCUT2D eigenvalue weighted by atomic mass is 9.86. The summed E-state index contributed by atoms with van der Waals surface area (Å²) in [6, 6.07) is 13.7. The summed E-state index contributed by atoms with van der Waals surface area (Å²) >= 11 is 0. The highest BCUT2D eigenvalue weighted by molar-refractivity contribution is 5.89. The van der Waals surface area contributed by atoms with Crippen LogP contribution in [0.15, 0.2) is 54.9 Å². The minimum Gasteiger partial charge on any atom is -0.369 e. The summed E-state index contributed by atoms with van der Waals surface area (Å²) in [5.74, 6) is 0.0290. The highest BCUT2D eigenvalue weighted by atomic mass is 16.5. The second kappa shape index (κ2) is 8.61. The lowest BCUT2D eigenvalue weighted by Gasteiger charge is -2.52. The number of amides is 3. The number of rotatable bonds is 5. The van der Waals surface area contributed by atoms with Crippen molar-refractivity contribution in [3.63, 3.8) is 0 Å². The molecule has 3 heterocycles. The molecule has 2 aliphatic rings. The van der Waals surface area contributed by atoms with Crippen LogP contribution in [0.2, 0.25) is 0 Å². The van der Waals surface area contributed by atoms with Crippen LogP contribution in [0.5, 0.6) is 0 Å². The van der Waals surface area contributed by atoms with Gasteiger partial charge in [0.05, 0.1) is 6.04 Å². The average molecular weight is 394 g/mol. The van der Waals surface area contributed by atoms with Gasteiger partial charge >= 0.3 is 6.03 Å². The van der Waals surface area contributed by atoms with Crippen LogP contribution in [-0.2, 0) is 16.1 Å². The van der Waals surface area contributed by atoms with E-state index < -0.39 is 6.10 Å². The fourth-order valence-corrected chi connectivity index (χ4v) is 4.25. The molecule has 1 N–H and O–H groups in total. The predicted octanol–water partition coefficient (Wildman–Crippen LogP) is 2.35. The van der Waals surface area contributed by atoms with Gasteiger partial charge in [-0.15, -0.1) is 0 Å². The fraction of sp³-hybridized carbons (Fsp3) is 0.409. The van der Waals surface area contributed by atoms with E-state index >= 15 is 0 Å². The van der Waals surface area contributed by atoms with Crippen LogP contribution in [0.1, 0.15) is 30.0 Å². The third-order valence-electron chi connectivity index (χ3n) is 5.82. The molecule has 7 nitrogen and oxygen atoms in total. The smallest absolute Gasteiger partial charge is 0.317 e. The molecule has 0 unspecified atom stereocenters. The zero-order valence-corrected chi connectivity index (χ0v) is 16.5.